The summed E-state index contributed by atoms with van der Waals surface area (Å²) in [7, 11) is 1.32. The molecular formula is C39H39N7O3. The van der Waals surface area contributed by atoms with Crippen LogP contribution < -0.4 is 10.6 Å². The number of rotatable bonds is 6. The highest BCUT2D eigenvalue weighted by molar-refractivity contribution is 6.07. The second-order valence-corrected chi connectivity index (χ2v) is 15.0. The number of fused-ring (bicyclic) bond motifs is 8. The average molecular weight is 654 g/mol. The van der Waals surface area contributed by atoms with Gasteiger partial charge in [0.25, 0.3) is 0 Å². The van der Waals surface area contributed by atoms with Gasteiger partial charge in [-0.05, 0) is 89.6 Å². The number of alkyl carbamates (subject to hydrolysis) is 1. The normalized spacial score (nSPS) is 26.1. The lowest BCUT2D eigenvalue weighted by Gasteiger charge is -2.31. The fourth-order valence-corrected chi connectivity index (χ4v) is 8.73. The van der Waals surface area contributed by atoms with Crippen molar-refractivity contribution in [1.29, 1.82) is 0 Å². The molecule has 2 saturated carbocycles. The predicted molar refractivity (Wildman–Crippen MR) is 189 cm³/mol. The molecule has 4 N–H and O–H groups in total. The first kappa shape index (κ1) is 29.0. The molecular weight excluding hydrogens is 614 g/mol. The first-order valence-corrected chi connectivity index (χ1v) is 17.6. The molecule has 2 aromatic heterocycles. The van der Waals surface area contributed by atoms with Gasteiger partial charge >= 0.3 is 6.09 Å². The van der Waals surface area contributed by atoms with Crippen molar-refractivity contribution in [2.75, 3.05) is 7.11 Å². The minimum Gasteiger partial charge on any atom is -0.453 e. The number of nitrogens with one attached hydrogen (secondary N) is 4. The zero-order valence-corrected chi connectivity index (χ0v) is 27.8. The van der Waals surface area contributed by atoms with Crippen LogP contribution in [-0.4, -0.2) is 62.1 Å². The summed E-state index contributed by atoms with van der Waals surface area (Å²) in [5.41, 5.74) is 6.29. The van der Waals surface area contributed by atoms with Crippen LogP contribution in [0.4, 0.5) is 4.79 Å². The largest absolute Gasteiger partial charge is 0.453 e. The number of aromatic nitrogens is 4. The molecule has 0 spiro atoms. The smallest absolute Gasteiger partial charge is 0.407 e. The van der Waals surface area contributed by atoms with Gasteiger partial charge in [-0.3, -0.25) is 4.79 Å². The van der Waals surface area contributed by atoms with Crippen molar-refractivity contribution in [3.63, 3.8) is 0 Å². The van der Waals surface area contributed by atoms with Crippen molar-refractivity contribution < 1.29 is 14.3 Å². The van der Waals surface area contributed by atoms with Crippen LogP contribution in [0.2, 0.25) is 0 Å². The second kappa shape index (κ2) is 10.5. The number of hydrogen-bond donors (Lipinski definition) is 4. The highest BCUT2D eigenvalue weighted by atomic mass is 16.5. The van der Waals surface area contributed by atoms with Gasteiger partial charge < -0.3 is 30.2 Å². The van der Waals surface area contributed by atoms with E-state index in [4.69, 9.17) is 14.7 Å². The van der Waals surface area contributed by atoms with Gasteiger partial charge in [-0.15, -0.1) is 0 Å². The standard InChI is InChI=1S/C39H39N7O3/c1-18(2)33(45-39(48)49-3)38(47)46-31-16-24(31)17-32(46)37-42-28-11-7-22-13-20(5-9-26(22)35(28)44-37)19-4-8-25-21(12-19)6-10-27-34(25)43-36(41-27)30-15-23-14-29(23)40-30/h4-13,18,23-24,29-33,40H,14-17H2,1-3H3,(H,41,43)(H,42,44)(H,45,48)/t23-,24?,29-,30+,31-,32+,33+/m1/s1. The number of H-pyrrole nitrogens is 2. The molecule has 4 aromatic carbocycles. The average Bonchev–Trinajstić information content (AvgIpc) is 3.71. The molecule has 10 rings (SSSR count). The quantitative estimate of drug-likeness (QED) is 0.155. The van der Waals surface area contributed by atoms with Crippen LogP contribution in [0.1, 0.15) is 63.3 Å². The Morgan fingerprint density at radius 1 is 0.816 bits per heavy atom. The number of piperidine rings is 2. The number of carbonyl (C=O) groups excluding carboxylic acids is 2. The molecule has 0 bridgehead atoms. The van der Waals surface area contributed by atoms with Gasteiger partial charge in [0.2, 0.25) is 5.91 Å². The number of nitrogens with zero attached hydrogens (tertiary/aromatic N) is 3. The summed E-state index contributed by atoms with van der Waals surface area (Å²) in [5, 5.41) is 11.0. The molecule has 2 aliphatic carbocycles. The molecule has 4 fully saturated rings. The first-order chi connectivity index (χ1) is 23.8. The fraction of sp³-hybridized carbons (Fsp3) is 0.385. The fourth-order valence-electron chi connectivity index (χ4n) is 8.73. The monoisotopic (exact) mass is 653 g/mol. The number of ether oxygens (including phenoxy) is 1. The first-order valence-electron chi connectivity index (χ1n) is 17.6. The maximum Gasteiger partial charge on any atom is 0.407 e. The molecule has 7 atom stereocenters. The molecule has 2 aliphatic heterocycles. The Morgan fingerprint density at radius 2 is 1.47 bits per heavy atom. The van der Waals surface area contributed by atoms with Crippen LogP contribution in [0.5, 0.6) is 0 Å². The lowest BCUT2D eigenvalue weighted by molar-refractivity contribution is -0.136. The lowest BCUT2D eigenvalue weighted by Crippen LogP contribution is -2.52. The van der Waals surface area contributed by atoms with Gasteiger partial charge in [0.15, 0.2) is 0 Å². The Kier molecular flexibility index (Phi) is 6.23. The summed E-state index contributed by atoms with van der Waals surface area (Å²) >= 11 is 0. The van der Waals surface area contributed by atoms with Crippen LogP contribution >= 0.6 is 0 Å². The van der Waals surface area contributed by atoms with Crippen molar-refractivity contribution in [3.8, 4) is 11.1 Å². The molecule has 49 heavy (non-hydrogen) atoms. The maximum absolute atomic E-state index is 13.9. The summed E-state index contributed by atoms with van der Waals surface area (Å²) in [6, 6.07) is 22.2. The zero-order chi connectivity index (χ0) is 33.1. The third kappa shape index (κ3) is 4.64. The van der Waals surface area contributed by atoms with Crippen molar-refractivity contribution >= 4 is 55.6 Å². The van der Waals surface area contributed by atoms with E-state index in [1.54, 1.807) is 0 Å². The summed E-state index contributed by atoms with van der Waals surface area (Å²) < 4.78 is 4.82. The maximum atomic E-state index is 13.9. The second-order valence-electron chi connectivity index (χ2n) is 15.0. The summed E-state index contributed by atoms with van der Waals surface area (Å²) in [5.74, 6) is 3.00. The van der Waals surface area contributed by atoms with E-state index >= 15 is 0 Å². The van der Waals surface area contributed by atoms with Gasteiger partial charge in [0.05, 0.1) is 41.3 Å². The number of hydrogen-bond acceptors (Lipinski definition) is 6. The van der Waals surface area contributed by atoms with Gasteiger partial charge in [-0.1, -0.05) is 50.2 Å². The molecule has 4 heterocycles. The molecule has 10 heteroatoms. The third-order valence-corrected chi connectivity index (χ3v) is 11.6. The van der Waals surface area contributed by atoms with Crippen LogP contribution in [-0.2, 0) is 9.53 Å². The molecule has 10 nitrogen and oxygen atoms in total. The third-order valence-electron chi connectivity index (χ3n) is 11.6. The zero-order valence-electron chi connectivity index (χ0n) is 27.8. The SMILES string of the molecule is COC(=O)N[C@H](C(=O)N1[C@@H]2CC2C[C@H]1c1nc2c(ccc3cc(-c4ccc5c(ccc6[nH]c([C@@H]7C[C@H]8C[C@H]8N7)nc65)c4)ccc32)[nH]1)C(C)C. The molecule has 6 aromatic rings. The van der Waals surface area contributed by atoms with Crippen molar-refractivity contribution in [1.82, 2.24) is 35.5 Å². The Balaban J connectivity index is 0.952. The van der Waals surface area contributed by atoms with E-state index in [1.807, 2.05) is 18.7 Å². The van der Waals surface area contributed by atoms with Crippen molar-refractivity contribution in [3.05, 3.63) is 72.3 Å². The molecule has 2 saturated heterocycles. The van der Waals surface area contributed by atoms with E-state index in [0.717, 1.165) is 79.8 Å². The highest BCUT2D eigenvalue weighted by Gasteiger charge is 2.56. The number of aromatic amines is 2. The highest BCUT2D eigenvalue weighted by Crippen LogP contribution is 2.53. The number of carbonyl (C=O) groups is 2. The molecule has 1 unspecified atom stereocenters. The van der Waals surface area contributed by atoms with E-state index in [9.17, 15) is 9.59 Å². The Hall–Kier alpha value is -4.96. The topological polar surface area (TPSA) is 128 Å². The summed E-state index contributed by atoms with van der Waals surface area (Å²) in [6.45, 7) is 3.88. The van der Waals surface area contributed by atoms with E-state index in [2.05, 4.69) is 81.3 Å². The summed E-state index contributed by atoms with van der Waals surface area (Å²) in [4.78, 5) is 45.2. The molecule has 248 valence electrons. The van der Waals surface area contributed by atoms with E-state index in [-0.39, 0.29) is 23.9 Å². The van der Waals surface area contributed by atoms with Gasteiger partial charge in [-0.2, -0.15) is 0 Å². The van der Waals surface area contributed by atoms with Crippen LogP contribution in [0.3, 0.4) is 0 Å². The number of methoxy groups -OCH3 is 1. The molecule has 4 aliphatic rings. The van der Waals surface area contributed by atoms with Gasteiger partial charge in [-0.25, -0.2) is 14.8 Å². The van der Waals surface area contributed by atoms with Crippen molar-refractivity contribution in [2.45, 2.75) is 69.7 Å². The lowest BCUT2D eigenvalue weighted by atomic mass is 9.98. The number of benzene rings is 4. The Morgan fingerprint density at radius 3 is 2.08 bits per heavy atom. The predicted octanol–water partition coefficient (Wildman–Crippen LogP) is 6.88. The number of likely N-dealkylation sites (tertiary alicyclic amines) is 1. The Bertz CT molecular complexity index is 2330. The Labute approximate surface area is 283 Å². The van der Waals surface area contributed by atoms with Crippen LogP contribution in [0, 0.1) is 17.8 Å². The van der Waals surface area contributed by atoms with E-state index < -0.39 is 12.1 Å². The van der Waals surface area contributed by atoms with Crippen LogP contribution in [0.25, 0.3) is 54.7 Å². The number of imidazole rings is 2. The van der Waals surface area contributed by atoms with Crippen LogP contribution in [0.15, 0.2) is 60.7 Å². The van der Waals surface area contributed by atoms with E-state index in [0.29, 0.717) is 18.0 Å². The van der Waals surface area contributed by atoms with E-state index in [1.165, 1.54) is 25.3 Å². The molecule has 0 radical (unpaired) electrons. The minimum atomic E-state index is -0.657. The molecule has 2 amide bonds. The van der Waals surface area contributed by atoms with Gasteiger partial charge in [0, 0.05) is 22.9 Å². The van der Waals surface area contributed by atoms with Gasteiger partial charge in [0.1, 0.15) is 17.7 Å². The number of amides is 2. The summed E-state index contributed by atoms with van der Waals surface area (Å²) in [6.07, 6.45) is 3.76. The minimum absolute atomic E-state index is 0.0728. The van der Waals surface area contributed by atoms with Crippen molar-refractivity contribution in [2.24, 2.45) is 17.8 Å².